The van der Waals surface area contributed by atoms with Crippen molar-refractivity contribution in [3.63, 3.8) is 0 Å². The lowest BCUT2D eigenvalue weighted by molar-refractivity contribution is 0.0601. The third-order valence-electron chi connectivity index (χ3n) is 2.54. The number of ether oxygens (including phenoxy) is 1. The number of hydrogen-bond acceptors (Lipinski definition) is 4. The lowest BCUT2D eigenvalue weighted by atomic mass is 10.2. The number of methoxy groups -OCH3 is 1. The summed E-state index contributed by atoms with van der Waals surface area (Å²) in [5.74, 6) is -0.380. The second kappa shape index (κ2) is 5.75. The molecule has 0 heterocycles. The van der Waals surface area contributed by atoms with Gasteiger partial charge in [-0.3, -0.25) is 0 Å². The molecule has 0 aromatic heterocycles. The highest BCUT2D eigenvalue weighted by molar-refractivity contribution is 9.10. The maximum atomic E-state index is 11.4. The summed E-state index contributed by atoms with van der Waals surface area (Å²) in [4.78, 5) is 11.4. The first-order valence-electron chi connectivity index (χ1n) is 5.54. The van der Waals surface area contributed by atoms with Gasteiger partial charge in [-0.25, -0.2) is 4.79 Å². The van der Waals surface area contributed by atoms with Gasteiger partial charge < -0.3 is 15.2 Å². The van der Waals surface area contributed by atoms with E-state index >= 15 is 0 Å². The molecule has 2 N–H and O–H groups in total. The number of nitrogens with one attached hydrogen (secondary N) is 1. The van der Waals surface area contributed by atoms with E-state index in [0.717, 1.165) is 10.2 Å². The molecule has 0 fully saturated rings. The van der Waals surface area contributed by atoms with Gasteiger partial charge in [0.25, 0.3) is 0 Å². The van der Waals surface area contributed by atoms with E-state index in [2.05, 4.69) is 26.0 Å². The van der Waals surface area contributed by atoms with E-state index in [4.69, 9.17) is 0 Å². The van der Waals surface area contributed by atoms with Crippen LogP contribution in [0, 0.1) is 0 Å². The second-order valence-electron chi connectivity index (χ2n) is 3.86. The van der Waals surface area contributed by atoms with Gasteiger partial charge in [-0.1, -0.05) is 15.9 Å². The Bertz CT molecular complexity index is 596. The number of benzene rings is 2. The van der Waals surface area contributed by atoms with E-state index in [1.807, 2.05) is 24.3 Å². The van der Waals surface area contributed by atoms with E-state index in [9.17, 15) is 9.90 Å². The highest BCUT2D eigenvalue weighted by Gasteiger charge is 2.09. The number of anilines is 2. The Kier molecular flexibility index (Phi) is 4.06. The zero-order valence-electron chi connectivity index (χ0n) is 10.2. The van der Waals surface area contributed by atoms with Gasteiger partial charge in [0.2, 0.25) is 0 Å². The number of esters is 1. The molecule has 0 saturated carbocycles. The van der Waals surface area contributed by atoms with Crippen molar-refractivity contribution in [3.8, 4) is 5.75 Å². The van der Waals surface area contributed by atoms with Gasteiger partial charge >= 0.3 is 5.97 Å². The monoisotopic (exact) mass is 321 g/mol. The Morgan fingerprint density at radius 2 is 1.89 bits per heavy atom. The summed E-state index contributed by atoms with van der Waals surface area (Å²) in [7, 11) is 1.32. The quantitative estimate of drug-likeness (QED) is 0.668. The van der Waals surface area contributed by atoms with Gasteiger partial charge in [0.1, 0.15) is 5.75 Å². The van der Waals surface area contributed by atoms with Crippen molar-refractivity contribution in [1.82, 2.24) is 0 Å². The number of hydrogen-bond donors (Lipinski definition) is 2. The number of halogens is 1. The standard InChI is InChI=1S/C14H12BrNO3/c1-19-14(18)9-2-7-13(17)12(8-9)16-11-5-3-10(15)4-6-11/h2-8,16-17H,1H3. The fraction of sp³-hybridized carbons (Fsp3) is 0.0714. The van der Waals surface area contributed by atoms with Crippen molar-refractivity contribution in [3.05, 3.63) is 52.5 Å². The first kappa shape index (κ1) is 13.4. The molecule has 0 amide bonds. The molecule has 0 atom stereocenters. The Balaban J connectivity index is 2.28. The van der Waals surface area contributed by atoms with Crippen LogP contribution in [0.15, 0.2) is 46.9 Å². The zero-order valence-corrected chi connectivity index (χ0v) is 11.8. The van der Waals surface area contributed by atoms with E-state index < -0.39 is 5.97 Å². The summed E-state index contributed by atoms with van der Waals surface area (Å²) < 4.78 is 5.61. The minimum Gasteiger partial charge on any atom is -0.506 e. The molecular weight excluding hydrogens is 310 g/mol. The third-order valence-corrected chi connectivity index (χ3v) is 3.07. The molecule has 0 aliphatic heterocycles. The van der Waals surface area contributed by atoms with Gasteiger partial charge in [-0.2, -0.15) is 0 Å². The molecule has 19 heavy (non-hydrogen) atoms. The minimum atomic E-state index is -0.446. The van der Waals surface area contributed by atoms with Crippen LogP contribution >= 0.6 is 15.9 Å². The number of carbonyl (C=O) groups excluding carboxylic acids is 1. The summed E-state index contributed by atoms with van der Waals surface area (Å²) in [5.41, 5.74) is 1.63. The SMILES string of the molecule is COC(=O)c1ccc(O)c(Nc2ccc(Br)cc2)c1. The van der Waals surface area contributed by atoms with Crippen LogP contribution in [0.5, 0.6) is 5.75 Å². The normalized spacial score (nSPS) is 10.0. The van der Waals surface area contributed by atoms with Crippen molar-refractivity contribution in [2.45, 2.75) is 0 Å². The molecular formula is C14H12BrNO3. The molecule has 2 aromatic carbocycles. The third kappa shape index (κ3) is 3.26. The van der Waals surface area contributed by atoms with Crippen LogP contribution < -0.4 is 5.32 Å². The largest absolute Gasteiger partial charge is 0.506 e. The van der Waals surface area contributed by atoms with Gasteiger partial charge in [0, 0.05) is 10.2 Å². The minimum absolute atomic E-state index is 0.0653. The summed E-state index contributed by atoms with van der Waals surface area (Å²) in [5, 5.41) is 12.8. The summed E-state index contributed by atoms with van der Waals surface area (Å²) >= 11 is 3.35. The Morgan fingerprint density at radius 1 is 1.21 bits per heavy atom. The van der Waals surface area contributed by atoms with Crippen LogP contribution in [0.2, 0.25) is 0 Å². The van der Waals surface area contributed by atoms with Crippen molar-refractivity contribution in [1.29, 1.82) is 0 Å². The molecule has 2 rings (SSSR count). The topological polar surface area (TPSA) is 58.6 Å². The summed E-state index contributed by atoms with van der Waals surface area (Å²) in [6, 6.07) is 12.0. The van der Waals surface area contributed by atoms with Gasteiger partial charge in [-0.15, -0.1) is 0 Å². The fourth-order valence-electron chi connectivity index (χ4n) is 1.57. The predicted octanol–water partition coefficient (Wildman–Crippen LogP) is 3.68. The molecule has 0 aliphatic rings. The lowest BCUT2D eigenvalue weighted by Gasteiger charge is -2.10. The number of rotatable bonds is 3. The molecule has 0 saturated heterocycles. The smallest absolute Gasteiger partial charge is 0.337 e. The summed E-state index contributed by atoms with van der Waals surface area (Å²) in [6.45, 7) is 0. The van der Waals surface area contributed by atoms with Crippen LogP contribution in [0.4, 0.5) is 11.4 Å². The Labute approximate surface area is 119 Å². The van der Waals surface area contributed by atoms with Crippen LogP contribution in [0.3, 0.4) is 0 Å². The highest BCUT2D eigenvalue weighted by atomic mass is 79.9. The molecule has 98 valence electrons. The van der Waals surface area contributed by atoms with Crippen LogP contribution in [0.1, 0.15) is 10.4 Å². The van der Waals surface area contributed by atoms with E-state index in [0.29, 0.717) is 11.3 Å². The molecule has 0 aliphatic carbocycles. The number of phenolic OH excluding ortho intramolecular Hbond substituents is 1. The van der Waals surface area contributed by atoms with Crippen molar-refractivity contribution in [2.24, 2.45) is 0 Å². The van der Waals surface area contributed by atoms with E-state index in [-0.39, 0.29) is 5.75 Å². The lowest BCUT2D eigenvalue weighted by Crippen LogP contribution is -2.02. The molecule has 0 radical (unpaired) electrons. The van der Waals surface area contributed by atoms with E-state index in [1.165, 1.54) is 19.2 Å². The van der Waals surface area contributed by atoms with Crippen LogP contribution in [-0.4, -0.2) is 18.2 Å². The first-order chi connectivity index (χ1) is 9.10. The molecule has 4 nitrogen and oxygen atoms in total. The maximum absolute atomic E-state index is 11.4. The highest BCUT2D eigenvalue weighted by Crippen LogP contribution is 2.28. The average Bonchev–Trinajstić information content (AvgIpc) is 2.43. The Hall–Kier alpha value is -2.01. The van der Waals surface area contributed by atoms with Gasteiger partial charge in [0.05, 0.1) is 18.4 Å². The molecule has 5 heteroatoms. The van der Waals surface area contributed by atoms with Crippen molar-refractivity contribution in [2.75, 3.05) is 12.4 Å². The number of phenols is 1. The number of carbonyl (C=O) groups is 1. The van der Waals surface area contributed by atoms with Crippen molar-refractivity contribution >= 4 is 33.3 Å². The molecule has 0 spiro atoms. The van der Waals surface area contributed by atoms with Crippen molar-refractivity contribution < 1.29 is 14.6 Å². The zero-order chi connectivity index (χ0) is 13.8. The Morgan fingerprint density at radius 3 is 2.53 bits per heavy atom. The van der Waals surface area contributed by atoms with Gasteiger partial charge in [0.15, 0.2) is 0 Å². The first-order valence-corrected chi connectivity index (χ1v) is 6.33. The molecule has 2 aromatic rings. The predicted molar refractivity (Wildman–Crippen MR) is 76.9 cm³/mol. The van der Waals surface area contributed by atoms with E-state index in [1.54, 1.807) is 6.07 Å². The fourth-order valence-corrected chi connectivity index (χ4v) is 1.83. The average molecular weight is 322 g/mol. The maximum Gasteiger partial charge on any atom is 0.337 e. The molecule has 0 bridgehead atoms. The van der Waals surface area contributed by atoms with Crippen LogP contribution in [0.25, 0.3) is 0 Å². The summed E-state index contributed by atoms with van der Waals surface area (Å²) in [6.07, 6.45) is 0. The van der Waals surface area contributed by atoms with Gasteiger partial charge in [-0.05, 0) is 42.5 Å². The molecule has 0 unspecified atom stereocenters. The van der Waals surface area contributed by atoms with Crippen LogP contribution in [-0.2, 0) is 4.74 Å². The number of aromatic hydroxyl groups is 1. The second-order valence-corrected chi connectivity index (χ2v) is 4.77.